The average Bonchev–Trinajstić information content (AvgIpc) is 2.56. The molecule has 0 bridgehead atoms. The zero-order valence-corrected chi connectivity index (χ0v) is 7.74. The molecule has 0 aliphatic heterocycles. The zero-order valence-electron chi connectivity index (χ0n) is 7.74. The molecule has 0 aromatic heterocycles. The van der Waals surface area contributed by atoms with Gasteiger partial charge in [-0.2, -0.15) is 0 Å². The van der Waals surface area contributed by atoms with Crippen LogP contribution in [0.2, 0.25) is 0 Å². The summed E-state index contributed by atoms with van der Waals surface area (Å²) in [5.74, 6) is -0.949. The highest BCUT2D eigenvalue weighted by atomic mass is 16.5. The molecule has 13 heavy (non-hydrogen) atoms. The van der Waals surface area contributed by atoms with Gasteiger partial charge < -0.3 is 15.6 Å². The number of aliphatic carboxylic acids is 1. The van der Waals surface area contributed by atoms with E-state index in [-0.39, 0.29) is 0 Å². The van der Waals surface area contributed by atoms with Crippen LogP contribution in [0, 0.1) is 0 Å². The molecule has 1 fully saturated rings. The predicted molar refractivity (Wildman–Crippen MR) is 48.4 cm³/mol. The molecule has 0 aromatic carbocycles. The summed E-state index contributed by atoms with van der Waals surface area (Å²) in [6, 6.07) is -0.776. The SMILES string of the molecule is N[C@@H](CCOC1CCCC1)C(=O)O. The monoisotopic (exact) mass is 187 g/mol. The first kappa shape index (κ1) is 10.5. The van der Waals surface area contributed by atoms with Gasteiger partial charge in [0.25, 0.3) is 0 Å². The zero-order chi connectivity index (χ0) is 9.68. The van der Waals surface area contributed by atoms with Crippen LogP contribution < -0.4 is 5.73 Å². The Morgan fingerprint density at radius 1 is 1.54 bits per heavy atom. The van der Waals surface area contributed by atoms with Crippen molar-refractivity contribution in [2.45, 2.75) is 44.2 Å². The van der Waals surface area contributed by atoms with Gasteiger partial charge in [0.15, 0.2) is 0 Å². The standard InChI is InChI=1S/C9H17NO3/c10-8(9(11)12)5-6-13-7-3-1-2-4-7/h7-8H,1-6,10H2,(H,11,12)/t8-/m0/s1. The average molecular weight is 187 g/mol. The van der Waals surface area contributed by atoms with Crippen molar-refractivity contribution >= 4 is 5.97 Å². The van der Waals surface area contributed by atoms with E-state index in [2.05, 4.69) is 0 Å². The van der Waals surface area contributed by atoms with E-state index in [1.54, 1.807) is 0 Å². The van der Waals surface area contributed by atoms with Crippen molar-refractivity contribution in [2.24, 2.45) is 5.73 Å². The summed E-state index contributed by atoms with van der Waals surface area (Å²) in [4.78, 5) is 10.3. The number of ether oxygens (including phenoxy) is 1. The number of hydrogen-bond acceptors (Lipinski definition) is 3. The Bertz CT molecular complexity index is 166. The number of carbonyl (C=O) groups is 1. The van der Waals surface area contributed by atoms with Crippen LogP contribution in [-0.2, 0) is 9.53 Å². The second-order valence-corrected chi connectivity index (χ2v) is 3.51. The Morgan fingerprint density at radius 2 is 2.15 bits per heavy atom. The summed E-state index contributed by atoms with van der Waals surface area (Å²) < 4.78 is 5.48. The summed E-state index contributed by atoms with van der Waals surface area (Å²) in [5.41, 5.74) is 5.32. The number of carboxylic acids is 1. The second-order valence-electron chi connectivity index (χ2n) is 3.51. The van der Waals surface area contributed by atoms with E-state index < -0.39 is 12.0 Å². The molecule has 1 aliphatic rings. The van der Waals surface area contributed by atoms with Gasteiger partial charge in [-0.05, 0) is 19.3 Å². The molecule has 4 nitrogen and oxygen atoms in total. The van der Waals surface area contributed by atoms with Crippen LogP contribution in [-0.4, -0.2) is 29.8 Å². The molecule has 0 radical (unpaired) electrons. The summed E-state index contributed by atoms with van der Waals surface area (Å²) in [5, 5.41) is 8.49. The van der Waals surface area contributed by atoms with Crippen molar-refractivity contribution in [1.29, 1.82) is 0 Å². The molecule has 1 rings (SSSR count). The maximum Gasteiger partial charge on any atom is 0.320 e. The number of carboxylic acid groups (broad SMARTS) is 1. The summed E-state index contributed by atoms with van der Waals surface area (Å²) in [7, 11) is 0. The lowest BCUT2D eigenvalue weighted by Gasteiger charge is -2.12. The molecule has 0 heterocycles. The highest BCUT2D eigenvalue weighted by molar-refractivity contribution is 5.72. The fourth-order valence-corrected chi connectivity index (χ4v) is 1.54. The van der Waals surface area contributed by atoms with Gasteiger partial charge >= 0.3 is 5.97 Å². The molecule has 0 spiro atoms. The van der Waals surface area contributed by atoms with Gasteiger partial charge in [0.05, 0.1) is 6.10 Å². The Hall–Kier alpha value is -0.610. The quantitative estimate of drug-likeness (QED) is 0.666. The number of nitrogens with two attached hydrogens (primary N) is 1. The lowest BCUT2D eigenvalue weighted by atomic mass is 10.2. The van der Waals surface area contributed by atoms with E-state index in [1.807, 2.05) is 0 Å². The summed E-state index contributed by atoms with van der Waals surface area (Å²) in [6.07, 6.45) is 5.45. The van der Waals surface area contributed by atoms with Crippen molar-refractivity contribution in [3.05, 3.63) is 0 Å². The molecule has 76 valence electrons. The summed E-state index contributed by atoms with van der Waals surface area (Å²) >= 11 is 0. The van der Waals surface area contributed by atoms with Gasteiger partial charge in [-0.1, -0.05) is 12.8 Å². The maximum absolute atomic E-state index is 10.3. The van der Waals surface area contributed by atoms with E-state index in [0.717, 1.165) is 12.8 Å². The molecule has 0 unspecified atom stereocenters. The lowest BCUT2D eigenvalue weighted by molar-refractivity contribution is -0.139. The van der Waals surface area contributed by atoms with E-state index in [1.165, 1.54) is 12.8 Å². The molecule has 1 atom stereocenters. The molecular weight excluding hydrogens is 170 g/mol. The van der Waals surface area contributed by atoms with Crippen molar-refractivity contribution < 1.29 is 14.6 Å². The third kappa shape index (κ3) is 3.74. The normalized spacial score (nSPS) is 20.4. The maximum atomic E-state index is 10.3. The minimum Gasteiger partial charge on any atom is -0.480 e. The van der Waals surface area contributed by atoms with Gasteiger partial charge in [0.2, 0.25) is 0 Å². The molecular formula is C9H17NO3. The van der Waals surface area contributed by atoms with E-state index in [0.29, 0.717) is 19.1 Å². The van der Waals surface area contributed by atoms with Crippen LogP contribution in [0.4, 0.5) is 0 Å². The van der Waals surface area contributed by atoms with Gasteiger partial charge in [-0.3, -0.25) is 4.79 Å². The van der Waals surface area contributed by atoms with Crippen molar-refractivity contribution in [3.63, 3.8) is 0 Å². The molecule has 0 amide bonds. The Balaban J connectivity index is 2.02. The first-order chi connectivity index (χ1) is 6.20. The minimum atomic E-state index is -0.949. The molecule has 4 heteroatoms. The topological polar surface area (TPSA) is 72.5 Å². The van der Waals surface area contributed by atoms with Gasteiger partial charge in [0.1, 0.15) is 6.04 Å². The van der Waals surface area contributed by atoms with Crippen LogP contribution in [0.5, 0.6) is 0 Å². The predicted octanol–water partition coefficient (Wildman–Crippen LogP) is 0.748. The smallest absolute Gasteiger partial charge is 0.320 e. The second kappa shape index (κ2) is 5.19. The van der Waals surface area contributed by atoms with Crippen LogP contribution >= 0.6 is 0 Å². The fourth-order valence-electron chi connectivity index (χ4n) is 1.54. The van der Waals surface area contributed by atoms with E-state index in [9.17, 15) is 4.79 Å². The first-order valence-electron chi connectivity index (χ1n) is 4.80. The Morgan fingerprint density at radius 3 is 2.69 bits per heavy atom. The van der Waals surface area contributed by atoms with Crippen LogP contribution in [0.25, 0.3) is 0 Å². The Labute approximate surface area is 78.1 Å². The number of hydrogen-bond donors (Lipinski definition) is 2. The van der Waals surface area contributed by atoms with Gasteiger partial charge in [-0.15, -0.1) is 0 Å². The van der Waals surface area contributed by atoms with Gasteiger partial charge in [-0.25, -0.2) is 0 Å². The first-order valence-corrected chi connectivity index (χ1v) is 4.80. The third-order valence-electron chi connectivity index (χ3n) is 2.40. The fraction of sp³-hybridized carbons (Fsp3) is 0.889. The minimum absolute atomic E-state index is 0.348. The van der Waals surface area contributed by atoms with Gasteiger partial charge in [0, 0.05) is 6.61 Å². The third-order valence-corrected chi connectivity index (χ3v) is 2.40. The van der Waals surface area contributed by atoms with Crippen LogP contribution in [0.15, 0.2) is 0 Å². The van der Waals surface area contributed by atoms with Crippen molar-refractivity contribution in [2.75, 3.05) is 6.61 Å². The van der Waals surface area contributed by atoms with Crippen molar-refractivity contribution in [1.82, 2.24) is 0 Å². The van der Waals surface area contributed by atoms with Crippen LogP contribution in [0.1, 0.15) is 32.1 Å². The lowest BCUT2D eigenvalue weighted by Crippen LogP contribution is -2.31. The van der Waals surface area contributed by atoms with Crippen LogP contribution in [0.3, 0.4) is 0 Å². The highest BCUT2D eigenvalue weighted by Gasteiger charge is 2.16. The van der Waals surface area contributed by atoms with E-state index >= 15 is 0 Å². The molecule has 3 N–H and O–H groups in total. The largest absolute Gasteiger partial charge is 0.480 e. The molecule has 0 aromatic rings. The Kier molecular flexibility index (Phi) is 4.18. The van der Waals surface area contributed by atoms with Crippen molar-refractivity contribution in [3.8, 4) is 0 Å². The van der Waals surface area contributed by atoms with E-state index in [4.69, 9.17) is 15.6 Å². The number of rotatable bonds is 5. The molecule has 0 saturated heterocycles. The molecule has 1 saturated carbocycles. The summed E-state index contributed by atoms with van der Waals surface area (Å²) in [6.45, 7) is 0.470. The highest BCUT2D eigenvalue weighted by Crippen LogP contribution is 2.20. The molecule has 1 aliphatic carbocycles.